The fourth-order valence-electron chi connectivity index (χ4n) is 1.78. The summed E-state index contributed by atoms with van der Waals surface area (Å²) in [7, 11) is 0. The van der Waals surface area contributed by atoms with Gasteiger partial charge in [0.25, 0.3) is 0 Å². The minimum absolute atomic E-state index is 0.0359. The zero-order valence-electron chi connectivity index (χ0n) is 12.6. The lowest BCUT2D eigenvalue weighted by molar-refractivity contribution is -0.490. The van der Waals surface area contributed by atoms with Crippen molar-refractivity contribution < 1.29 is 29.8 Å². The monoisotopic (exact) mass is 315 g/mol. The second-order valence-corrected chi connectivity index (χ2v) is 5.21. The van der Waals surface area contributed by atoms with E-state index < -0.39 is 28.4 Å². The van der Waals surface area contributed by atoms with Crippen LogP contribution in [-0.4, -0.2) is 44.8 Å². The first kappa shape index (κ1) is 19.8. The van der Waals surface area contributed by atoms with Gasteiger partial charge in [-0.15, -0.1) is 0 Å². The Hall–Kier alpha value is -2.22. The van der Waals surface area contributed by atoms with E-state index in [4.69, 9.17) is 15.3 Å². The van der Waals surface area contributed by atoms with Crippen molar-refractivity contribution in [3.8, 4) is 0 Å². The molecule has 1 aliphatic rings. The molecule has 1 aliphatic carbocycles. The van der Waals surface area contributed by atoms with Crippen LogP contribution < -0.4 is 0 Å². The smallest absolute Gasteiger partial charge is 0.331 e. The Morgan fingerprint density at radius 3 is 2.45 bits per heavy atom. The summed E-state index contributed by atoms with van der Waals surface area (Å²) >= 11 is 0. The van der Waals surface area contributed by atoms with E-state index in [1.165, 1.54) is 25.2 Å². The number of hydrogen-bond acceptors (Lipinski definition) is 5. The predicted octanol–water partition coefficient (Wildman–Crippen LogP) is 1.47. The lowest BCUT2D eigenvalue weighted by Gasteiger charge is -2.23. The van der Waals surface area contributed by atoms with E-state index in [-0.39, 0.29) is 18.5 Å². The molecule has 2 atom stereocenters. The number of carbonyl (C=O) groups is 2. The van der Waals surface area contributed by atoms with Gasteiger partial charge in [-0.3, -0.25) is 14.9 Å². The minimum Gasteiger partial charge on any atom is -0.481 e. The maximum atomic E-state index is 10.8. The summed E-state index contributed by atoms with van der Waals surface area (Å²) in [6, 6.07) is 0. The molecule has 0 aromatic rings. The third-order valence-electron chi connectivity index (χ3n) is 3.06. The van der Waals surface area contributed by atoms with Gasteiger partial charge >= 0.3 is 11.9 Å². The summed E-state index contributed by atoms with van der Waals surface area (Å²) in [4.78, 5) is 30.6. The fraction of sp³-hybridized carbons (Fsp3) is 0.571. The average Bonchev–Trinajstić information content (AvgIpc) is 2.38. The van der Waals surface area contributed by atoms with Crippen molar-refractivity contribution in [3.63, 3.8) is 0 Å². The standard InChI is InChI=1S/C9H10O4.C5H11NO3/c1-9(8(12)13)4-2-3-6(5-9)7(10)11;1-2-3-5(7)4-6(8)9/h2-4H,5H2,1H3,(H,10,11)(H,12,13);5,7H,2-4H2,1H3. The number of aliphatic hydroxyl groups excluding tert-OH is 1. The Bertz CT molecular complexity index is 484. The van der Waals surface area contributed by atoms with E-state index in [9.17, 15) is 19.7 Å². The summed E-state index contributed by atoms with van der Waals surface area (Å²) in [6.45, 7) is 3.05. The third-order valence-corrected chi connectivity index (χ3v) is 3.06. The number of carboxylic acid groups (broad SMARTS) is 2. The van der Waals surface area contributed by atoms with E-state index in [2.05, 4.69) is 0 Å². The minimum atomic E-state index is -1.08. The lowest BCUT2D eigenvalue weighted by atomic mass is 9.80. The van der Waals surface area contributed by atoms with Crippen molar-refractivity contribution in [3.05, 3.63) is 33.9 Å². The highest BCUT2D eigenvalue weighted by atomic mass is 16.6. The van der Waals surface area contributed by atoms with Crippen LogP contribution in [0.25, 0.3) is 0 Å². The maximum absolute atomic E-state index is 10.8. The van der Waals surface area contributed by atoms with Crippen LogP contribution in [0.3, 0.4) is 0 Å². The molecule has 0 saturated heterocycles. The number of rotatable bonds is 6. The quantitative estimate of drug-likeness (QED) is 0.498. The number of nitro groups is 1. The zero-order chi connectivity index (χ0) is 17.3. The van der Waals surface area contributed by atoms with Crippen LogP contribution in [0.5, 0.6) is 0 Å². The highest BCUT2D eigenvalue weighted by Gasteiger charge is 2.34. The number of aliphatic hydroxyl groups is 1. The molecule has 8 nitrogen and oxygen atoms in total. The van der Waals surface area contributed by atoms with Crippen molar-refractivity contribution in [2.75, 3.05) is 6.54 Å². The molecule has 0 fully saturated rings. The lowest BCUT2D eigenvalue weighted by Crippen LogP contribution is -2.28. The molecule has 0 heterocycles. The van der Waals surface area contributed by atoms with E-state index in [1.54, 1.807) is 0 Å². The van der Waals surface area contributed by atoms with E-state index >= 15 is 0 Å². The SMILES string of the molecule is CC1(C(=O)O)C=CC=C(C(=O)O)C1.CCCC(O)C[N+](=O)[O-]. The Labute approximate surface area is 127 Å². The molecule has 0 bridgehead atoms. The Morgan fingerprint density at radius 1 is 1.45 bits per heavy atom. The van der Waals surface area contributed by atoms with Gasteiger partial charge in [-0.1, -0.05) is 31.6 Å². The molecule has 8 heteroatoms. The first-order valence-corrected chi connectivity index (χ1v) is 6.77. The molecule has 22 heavy (non-hydrogen) atoms. The second kappa shape index (κ2) is 8.93. The molecule has 1 rings (SSSR count). The number of aliphatic carboxylic acids is 2. The topological polar surface area (TPSA) is 138 Å². The molecule has 0 spiro atoms. The highest BCUT2D eigenvalue weighted by Crippen LogP contribution is 2.31. The van der Waals surface area contributed by atoms with Crippen LogP contribution in [-0.2, 0) is 9.59 Å². The number of nitrogens with zero attached hydrogens (tertiary/aromatic N) is 1. The van der Waals surface area contributed by atoms with Crippen LogP contribution in [0.2, 0.25) is 0 Å². The maximum Gasteiger partial charge on any atom is 0.331 e. The molecular weight excluding hydrogens is 294 g/mol. The van der Waals surface area contributed by atoms with Gasteiger partial charge < -0.3 is 15.3 Å². The Kier molecular flexibility index (Phi) is 8.03. The van der Waals surface area contributed by atoms with Gasteiger partial charge in [0.05, 0.1) is 5.41 Å². The summed E-state index contributed by atoms with van der Waals surface area (Å²) in [5, 5.41) is 36.0. The largest absolute Gasteiger partial charge is 0.481 e. The van der Waals surface area contributed by atoms with Gasteiger partial charge in [0.1, 0.15) is 6.10 Å². The summed E-state index contributed by atoms with van der Waals surface area (Å²) < 4.78 is 0. The Morgan fingerprint density at radius 2 is 2.05 bits per heavy atom. The predicted molar refractivity (Wildman–Crippen MR) is 78.0 cm³/mol. The highest BCUT2D eigenvalue weighted by molar-refractivity contribution is 5.90. The van der Waals surface area contributed by atoms with Crippen LogP contribution in [0.1, 0.15) is 33.1 Å². The zero-order valence-corrected chi connectivity index (χ0v) is 12.6. The average molecular weight is 315 g/mol. The van der Waals surface area contributed by atoms with Gasteiger partial charge in [-0.05, 0) is 19.8 Å². The van der Waals surface area contributed by atoms with E-state index in [1.807, 2.05) is 6.92 Å². The number of carboxylic acids is 2. The summed E-state index contributed by atoms with van der Waals surface area (Å²) in [6.07, 6.45) is 4.98. The normalized spacial score (nSPS) is 21.1. The fourth-order valence-corrected chi connectivity index (χ4v) is 1.78. The molecular formula is C14H21NO7. The van der Waals surface area contributed by atoms with E-state index in [0.717, 1.165) is 6.42 Å². The molecule has 3 N–H and O–H groups in total. The molecule has 0 aromatic carbocycles. The van der Waals surface area contributed by atoms with Crippen molar-refractivity contribution in [2.45, 2.75) is 39.2 Å². The van der Waals surface area contributed by atoms with Crippen LogP contribution in [0.15, 0.2) is 23.8 Å². The van der Waals surface area contributed by atoms with Crippen LogP contribution in [0, 0.1) is 15.5 Å². The molecule has 0 saturated carbocycles. The Balaban J connectivity index is 0.000000433. The first-order chi connectivity index (χ1) is 10.1. The molecule has 0 radical (unpaired) electrons. The molecule has 0 amide bonds. The third kappa shape index (κ3) is 6.98. The number of allylic oxidation sites excluding steroid dienone is 2. The van der Waals surface area contributed by atoms with Crippen molar-refractivity contribution in [1.29, 1.82) is 0 Å². The van der Waals surface area contributed by atoms with Crippen molar-refractivity contribution >= 4 is 11.9 Å². The van der Waals surface area contributed by atoms with Gasteiger partial charge in [0.15, 0.2) is 0 Å². The molecule has 0 aromatic heterocycles. The van der Waals surface area contributed by atoms with E-state index in [0.29, 0.717) is 6.42 Å². The summed E-state index contributed by atoms with van der Waals surface area (Å²) in [5.41, 5.74) is -0.949. The van der Waals surface area contributed by atoms with Gasteiger partial charge in [-0.2, -0.15) is 0 Å². The van der Waals surface area contributed by atoms with Crippen LogP contribution in [0.4, 0.5) is 0 Å². The van der Waals surface area contributed by atoms with Crippen LogP contribution >= 0.6 is 0 Å². The summed E-state index contributed by atoms with van der Waals surface area (Å²) in [5.74, 6) is -2.06. The molecule has 2 unspecified atom stereocenters. The molecule has 124 valence electrons. The van der Waals surface area contributed by atoms with Gasteiger partial charge in [0, 0.05) is 10.5 Å². The van der Waals surface area contributed by atoms with Gasteiger partial charge in [-0.25, -0.2) is 4.79 Å². The van der Waals surface area contributed by atoms with Crippen molar-refractivity contribution in [2.24, 2.45) is 5.41 Å². The first-order valence-electron chi connectivity index (χ1n) is 6.77. The number of hydrogen-bond donors (Lipinski definition) is 3. The van der Waals surface area contributed by atoms with Crippen molar-refractivity contribution in [1.82, 2.24) is 0 Å². The second-order valence-electron chi connectivity index (χ2n) is 5.21. The molecule has 0 aliphatic heterocycles. The van der Waals surface area contributed by atoms with Gasteiger partial charge in [0.2, 0.25) is 6.54 Å².